The maximum atomic E-state index is 6.28. The van der Waals surface area contributed by atoms with E-state index in [0.717, 1.165) is 18.6 Å². The summed E-state index contributed by atoms with van der Waals surface area (Å²) in [5.74, 6) is 2.58. The van der Waals surface area contributed by atoms with E-state index < -0.39 is 0 Å². The molecule has 3 rings (SSSR count). The first-order valence-electron chi connectivity index (χ1n) is 6.51. The average molecular weight is 268 g/mol. The van der Waals surface area contributed by atoms with Gasteiger partial charge in [0.2, 0.25) is 0 Å². The van der Waals surface area contributed by atoms with E-state index >= 15 is 0 Å². The van der Waals surface area contributed by atoms with Crippen molar-refractivity contribution in [3.63, 3.8) is 0 Å². The molecule has 1 saturated carbocycles. The number of halogens is 1. The van der Waals surface area contributed by atoms with Crippen LogP contribution in [0.2, 0.25) is 5.02 Å². The van der Waals surface area contributed by atoms with Gasteiger partial charge in [0.05, 0.1) is 18.2 Å². The van der Waals surface area contributed by atoms with Crippen molar-refractivity contribution in [3.8, 4) is 11.5 Å². The van der Waals surface area contributed by atoms with Gasteiger partial charge in [-0.2, -0.15) is 0 Å². The molecular weight excluding hydrogens is 250 g/mol. The van der Waals surface area contributed by atoms with Crippen molar-refractivity contribution in [2.24, 2.45) is 11.7 Å². The minimum atomic E-state index is 0.241. The smallest absolute Gasteiger partial charge is 0.179 e. The number of hydrogen-bond donors (Lipinski definition) is 1. The fourth-order valence-electron chi connectivity index (χ4n) is 2.64. The second-order valence-corrected chi connectivity index (χ2v) is 5.65. The minimum Gasteiger partial charge on any atom is -0.489 e. The van der Waals surface area contributed by atoms with Gasteiger partial charge in [-0.15, -0.1) is 0 Å². The van der Waals surface area contributed by atoms with Crippen LogP contribution in [0.1, 0.15) is 31.2 Å². The van der Waals surface area contributed by atoms with Gasteiger partial charge in [-0.3, -0.25) is 0 Å². The molecule has 0 saturated heterocycles. The zero-order chi connectivity index (χ0) is 12.7. The molecule has 1 heterocycles. The van der Waals surface area contributed by atoms with E-state index in [0.29, 0.717) is 35.8 Å². The van der Waals surface area contributed by atoms with Crippen LogP contribution in [0.25, 0.3) is 0 Å². The van der Waals surface area contributed by atoms with Crippen molar-refractivity contribution in [2.45, 2.75) is 31.7 Å². The second kappa shape index (κ2) is 4.63. The highest BCUT2D eigenvalue weighted by molar-refractivity contribution is 6.32. The van der Waals surface area contributed by atoms with Crippen LogP contribution in [0.4, 0.5) is 0 Å². The van der Waals surface area contributed by atoms with E-state index in [4.69, 9.17) is 26.8 Å². The summed E-state index contributed by atoms with van der Waals surface area (Å²) >= 11 is 6.28. The van der Waals surface area contributed by atoms with Crippen LogP contribution in [0.3, 0.4) is 0 Å². The van der Waals surface area contributed by atoms with Gasteiger partial charge in [0, 0.05) is 12.5 Å². The molecule has 1 fully saturated rings. The van der Waals surface area contributed by atoms with Crippen LogP contribution in [0.15, 0.2) is 12.1 Å². The molecule has 1 aliphatic heterocycles. The van der Waals surface area contributed by atoms with Gasteiger partial charge >= 0.3 is 0 Å². The third-order valence-corrected chi connectivity index (χ3v) is 4.05. The third-order valence-electron chi connectivity index (χ3n) is 3.77. The highest BCUT2D eigenvalue weighted by atomic mass is 35.5. The number of nitrogens with two attached hydrogens (primary N) is 1. The number of ether oxygens (including phenoxy) is 2. The summed E-state index contributed by atoms with van der Waals surface area (Å²) in [5.41, 5.74) is 7.17. The molecule has 2 N–H and O–H groups in total. The second-order valence-electron chi connectivity index (χ2n) is 5.25. The van der Waals surface area contributed by atoms with Crippen LogP contribution in [-0.2, 0) is 0 Å². The van der Waals surface area contributed by atoms with Crippen LogP contribution in [0.5, 0.6) is 11.5 Å². The van der Waals surface area contributed by atoms with E-state index in [1.54, 1.807) is 0 Å². The van der Waals surface area contributed by atoms with Gasteiger partial charge in [0.1, 0.15) is 0 Å². The quantitative estimate of drug-likeness (QED) is 0.896. The Kier molecular flexibility index (Phi) is 3.12. The lowest BCUT2D eigenvalue weighted by atomic mass is 10.1. The molecule has 1 aromatic rings. The Morgan fingerprint density at radius 1 is 1.33 bits per heavy atom. The first kappa shape index (κ1) is 12.1. The number of hydrogen-bond acceptors (Lipinski definition) is 3. The standard InChI is InChI=1S/C14H18ClNO2/c1-8(16)10-7-11(10)9-5-12(15)14-13(6-9)17-3-2-4-18-14/h5-6,8,10-11H,2-4,7,16H2,1H3. The van der Waals surface area contributed by atoms with E-state index in [-0.39, 0.29) is 6.04 Å². The van der Waals surface area contributed by atoms with Crippen LogP contribution in [-0.4, -0.2) is 19.3 Å². The maximum Gasteiger partial charge on any atom is 0.179 e. The lowest BCUT2D eigenvalue weighted by Gasteiger charge is -2.12. The molecule has 1 aromatic carbocycles. The predicted molar refractivity (Wildman–Crippen MR) is 71.6 cm³/mol. The topological polar surface area (TPSA) is 44.5 Å². The molecule has 1 aliphatic carbocycles. The highest BCUT2D eigenvalue weighted by Gasteiger charge is 2.41. The molecule has 18 heavy (non-hydrogen) atoms. The Bertz CT molecular complexity index is 461. The van der Waals surface area contributed by atoms with Crippen molar-refractivity contribution in [1.82, 2.24) is 0 Å². The molecular formula is C14H18ClNO2. The SMILES string of the molecule is CC(N)C1CC1c1cc(Cl)c2c(c1)OCCCO2. The fraction of sp³-hybridized carbons (Fsp3) is 0.571. The first-order valence-corrected chi connectivity index (χ1v) is 6.89. The minimum absolute atomic E-state index is 0.241. The zero-order valence-corrected chi connectivity index (χ0v) is 11.2. The largest absolute Gasteiger partial charge is 0.489 e. The summed E-state index contributed by atoms with van der Waals surface area (Å²) in [5, 5.41) is 0.653. The van der Waals surface area contributed by atoms with Gasteiger partial charge in [-0.1, -0.05) is 11.6 Å². The molecule has 3 atom stereocenters. The molecule has 0 bridgehead atoms. The zero-order valence-electron chi connectivity index (χ0n) is 10.5. The summed E-state index contributed by atoms with van der Waals surface area (Å²) in [7, 11) is 0. The lowest BCUT2D eigenvalue weighted by Crippen LogP contribution is -2.17. The molecule has 0 radical (unpaired) electrons. The summed E-state index contributed by atoms with van der Waals surface area (Å²) in [4.78, 5) is 0. The lowest BCUT2D eigenvalue weighted by molar-refractivity contribution is 0.297. The third kappa shape index (κ3) is 2.17. The normalized spacial score (nSPS) is 27.5. The maximum absolute atomic E-state index is 6.28. The van der Waals surface area contributed by atoms with Gasteiger partial charge in [0.25, 0.3) is 0 Å². The Morgan fingerprint density at radius 3 is 2.83 bits per heavy atom. The number of benzene rings is 1. The first-order chi connectivity index (χ1) is 8.66. The molecule has 3 unspecified atom stereocenters. The Morgan fingerprint density at radius 2 is 2.11 bits per heavy atom. The predicted octanol–water partition coefficient (Wildman–Crippen LogP) is 2.95. The monoisotopic (exact) mass is 267 g/mol. The number of rotatable bonds is 2. The summed E-state index contributed by atoms with van der Waals surface area (Å²) in [6, 6.07) is 4.31. The summed E-state index contributed by atoms with van der Waals surface area (Å²) < 4.78 is 11.3. The Hall–Kier alpha value is -0.930. The van der Waals surface area contributed by atoms with Crippen molar-refractivity contribution >= 4 is 11.6 Å². The number of fused-ring (bicyclic) bond motifs is 1. The summed E-state index contributed by atoms with van der Waals surface area (Å²) in [6.07, 6.45) is 2.04. The van der Waals surface area contributed by atoms with E-state index in [1.807, 2.05) is 6.07 Å². The molecule has 4 heteroatoms. The fourth-order valence-corrected chi connectivity index (χ4v) is 2.92. The average Bonchev–Trinajstić information content (AvgIpc) is 3.12. The Balaban J connectivity index is 1.89. The molecule has 98 valence electrons. The van der Waals surface area contributed by atoms with Crippen molar-refractivity contribution in [1.29, 1.82) is 0 Å². The van der Waals surface area contributed by atoms with Crippen LogP contribution in [0, 0.1) is 5.92 Å². The van der Waals surface area contributed by atoms with Gasteiger partial charge < -0.3 is 15.2 Å². The Labute approximate surface area is 112 Å². The van der Waals surface area contributed by atoms with Crippen LogP contribution < -0.4 is 15.2 Å². The molecule has 0 aromatic heterocycles. The van der Waals surface area contributed by atoms with Crippen LogP contribution >= 0.6 is 11.6 Å². The van der Waals surface area contributed by atoms with Crippen molar-refractivity contribution < 1.29 is 9.47 Å². The van der Waals surface area contributed by atoms with Gasteiger partial charge in [-0.05, 0) is 42.9 Å². The summed E-state index contributed by atoms with van der Waals surface area (Å²) in [6.45, 7) is 3.42. The molecule has 0 amide bonds. The molecule has 0 spiro atoms. The van der Waals surface area contributed by atoms with Crippen molar-refractivity contribution in [3.05, 3.63) is 22.7 Å². The van der Waals surface area contributed by atoms with E-state index in [1.165, 1.54) is 5.56 Å². The molecule has 3 nitrogen and oxygen atoms in total. The van der Waals surface area contributed by atoms with Gasteiger partial charge in [-0.25, -0.2) is 0 Å². The van der Waals surface area contributed by atoms with E-state index in [9.17, 15) is 0 Å². The van der Waals surface area contributed by atoms with E-state index in [2.05, 4.69) is 13.0 Å². The highest BCUT2D eigenvalue weighted by Crippen LogP contribution is 2.51. The van der Waals surface area contributed by atoms with Crippen molar-refractivity contribution in [2.75, 3.05) is 13.2 Å². The molecule has 2 aliphatic rings. The van der Waals surface area contributed by atoms with Gasteiger partial charge in [0.15, 0.2) is 11.5 Å².